The fraction of sp³-hybridized carbons (Fsp3) is 0.375. The monoisotopic (exact) mass is 408 g/mol. The topological polar surface area (TPSA) is 72.6 Å². The zero-order chi connectivity index (χ0) is 20.9. The van der Waals surface area contributed by atoms with E-state index < -0.39 is 0 Å². The second kappa shape index (κ2) is 9.22. The molecule has 0 aliphatic carbocycles. The molecule has 1 unspecified atom stereocenters. The number of aromatic amines is 1. The summed E-state index contributed by atoms with van der Waals surface area (Å²) < 4.78 is 16.4. The summed E-state index contributed by atoms with van der Waals surface area (Å²) in [7, 11) is 1.66. The van der Waals surface area contributed by atoms with E-state index in [2.05, 4.69) is 35.4 Å². The van der Waals surface area contributed by atoms with E-state index in [1.807, 2.05) is 24.4 Å². The number of benzene rings is 2. The van der Waals surface area contributed by atoms with Gasteiger partial charge in [-0.3, -0.25) is 4.79 Å². The predicted octanol–water partition coefficient (Wildman–Crippen LogP) is 4.13. The Morgan fingerprint density at radius 2 is 2.07 bits per heavy atom. The van der Waals surface area contributed by atoms with Crippen LogP contribution in [0.25, 0.3) is 10.9 Å². The molecule has 2 N–H and O–H groups in total. The van der Waals surface area contributed by atoms with Gasteiger partial charge in [0.25, 0.3) is 0 Å². The number of nitrogens with one attached hydrogen (secondary N) is 2. The van der Waals surface area contributed by atoms with Gasteiger partial charge < -0.3 is 24.5 Å². The molecule has 1 aliphatic rings. The van der Waals surface area contributed by atoms with Crippen LogP contribution in [0.2, 0.25) is 0 Å². The average Bonchev–Trinajstić information content (AvgIpc) is 3.42. The van der Waals surface area contributed by atoms with Gasteiger partial charge in [0.2, 0.25) is 12.7 Å². The molecule has 0 saturated heterocycles. The quantitative estimate of drug-likeness (QED) is 0.522. The summed E-state index contributed by atoms with van der Waals surface area (Å²) in [5, 5.41) is 4.16. The van der Waals surface area contributed by atoms with Crippen molar-refractivity contribution in [1.29, 1.82) is 0 Å². The minimum atomic E-state index is -0.148. The molecule has 0 spiro atoms. The number of para-hydroxylation sites is 2. The molecular formula is C24H28N2O4. The number of fused-ring (bicyclic) bond motifs is 2. The molecule has 2 heterocycles. The molecule has 3 aromatic rings. The number of hydrogen-bond donors (Lipinski definition) is 2. The Hall–Kier alpha value is -2.99. The zero-order valence-electron chi connectivity index (χ0n) is 17.5. The maximum Gasteiger partial charge on any atom is 0.231 e. The van der Waals surface area contributed by atoms with E-state index in [4.69, 9.17) is 14.2 Å². The van der Waals surface area contributed by atoms with Gasteiger partial charge in [0.15, 0.2) is 11.5 Å². The van der Waals surface area contributed by atoms with Crippen molar-refractivity contribution in [2.24, 2.45) is 0 Å². The van der Waals surface area contributed by atoms with E-state index in [1.165, 1.54) is 5.56 Å². The number of ether oxygens (including phenoxy) is 3. The molecule has 1 atom stereocenters. The number of aromatic nitrogens is 1. The number of H-pyrrole nitrogens is 1. The van der Waals surface area contributed by atoms with Gasteiger partial charge in [0.05, 0.1) is 0 Å². The van der Waals surface area contributed by atoms with Crippen LogP contribution in [-0.2, 0) is 16.0 Å². The van der Waals surface area contributed by atoms with Crippen LogP contribution in [0.5, 0.6) is 11.5 Å². The van der Waals surface area contributed by atoms with Crippen molar-refractivity contribution in [3.8, 4) is 11.5 Å². The van der Waals surface area contributed by atoms with Crippen LogP contribution in [-0.4, -0.2) is 37.9 Å². The Kier molecular flexibility index (Phi) is 6.23. The first-order valence-electron chi connectivity index (χ1n) is 10.5. The van der Waals surface area contributed by atoms with E-state index in [1.54, 1.807) is 7.11 Å². The first-order chi connectivity index (χ1) is 14.7. The Balaban J connectivity index is 1.70. The van der Waals surface area contributed by atoms with Crippen molar-refractivity contribution in [3.63, 3.8) is 0 Å². The molecule has 0 radical (unpaired) electrons. The highest BCUT2D eigenvalue weighted by molar-refractivity contribution is 5.88. The standard InChI is InChI=1S/C24H28N2O4/c1-3-16-7-4-8-17-20(14-26-23(16)17)19(13-22(27)25-11-6-12-28-2)18-9-5-10-21-24(18)30-15-29-21/h4-5,7-10,14,19,26H,3,6,11-13,15H2,1-2H3,(H,25,27). The SMILES string of the molecule is CCc1cccc2c(C(CC(=O)NCCCOC)c3cccc4c3OCO4)c[nH]c12. The number of amides is 1. The highest BCUT2D eigenvalue weighted by atomic mass is 16.7. The first-order valence-corrected chi connectivity index (χ1v) is 10.5. The first kappa shape index (κ1) is 20.3. The third kappa shape index (κ3) is 4.00. The van der Waals surface area contributed by atoms with Crippen molar-refractivity contribution >= 4 is 16.8 Å². The van der Waals surface area contributed by atoms with Gasteiger partial charge in [0.1, 0.15) is 0 Å². The van der Waals surface area contributed by atoms with Crippen LogP contribution in [0.15, 0.2) is 42.6 Å². The van der Waals surface area contributed by atoms with Gasteiger partial charge in [-0.15, -0.1) is 0 Å². The van der Waals surface area contributed by atoms with Crippen molar-refractivity contribution < 1.29 is 19.0 Å². The fourth-order valence-electron chi connectivity index (χ4n) is 4.14. The van der Waals surface area contributed by atoms with E-state index >= 15 is 0 Å². The molecule has 6 heteroatoms. The Bertz CT molecular complexity index is 1030. The highest BCUT2D eigenvalue weighted by Crippen LogP contribution is 2.44. The highest BCUT2D eigenvalue weighted by Gasteiger charge is 2.28. The minimum Gasteiger partial charge on any atom is -0.454 e. The third-order valence-corrected chi connectivity index (χ3v) is 5.63. The Labute approximate surface area is 176 Å². The van der Waals surface area contributed by atoms with Crippen LogP contribution in [0.1, 0.15) is 42.4 Å². The van der Waals surface area contributed by atoms with Crippen LogP contribution < -0.4 is 14.8 Å². The van der Waals surface area contributed by atoms with Gasteiger partial charge >= 0.3 is 0 Å². The largest absolute Gasteiger partial charge is 0.454 e. The van der Waals surface area contributed by atoms with Crippen LogP contribution in [0.4, 0.5) is 0 Å². The third-order valence-electron chi connectivity index (χ3n) is 5.63. The summed E-state index contributed by atoms with van der Waals surface area (Å²) >= 11 is 0. The van der Waals surface area contributed by atoms with Gasteiger partial charge in [-0.25, -0.2) is 0 Å². The lowest BCUT2D eigenvalue weighted by molar-refractivity contribution is -0.121. The molecule has 2 aromatic carbocycles. The number of carbonyl (C=O) groups is 1. The molecule has 1 aromatic heterocycles. The summed E-state index contributed by atoms with van der Waals surface area (Å²) in [6.07, 6.45) is 4.09. The number of aryl methyl sites for hydroxylation is 1. The second-order valence-corrected chi connectivity index (χ2v) is 7.47. The fourth-order valence-corrected chi connectivity index (χ4v) is 4.14. The Morgan fingerprint density at radius 1 is 1.20 bits per heavy atom. The molecule has 0 bridgehead atoms. The zero-order valence-corrected chi connectivity index (χ0v) is 17.5. The second-order valence-electron chi connectivity index (χ2n) is 7.47. The van der Waals surface area contributed by atoms with Crippen LogP contribution in [0, 0.1) is 0 Å². The van der Waals surface area contributed by atoms with Crippen molar-refractivity contribution in [1.82, 2.24) is 10.3 Å². The van der Waals surface area contributed by atoms with Crippen molar-refractivity contribution in [2.45, 2.75) is 32.1 Å². The minimum absolute atomic E-state index is 0.00798. The maximum atomic E-state index is 12.8. The molecule has 1 aliphatic heterocycles. The van der Waals surface area contributed by atoms with Gasteiger partial charge in [0, 0.05) is 55.3 Å². The van der Waals surface area contributed by atoms with Gasteiger partial charge in [-0.2, -0.15) is 0 Å². The molecule has 4 rings (SSSR count). The van der Waals surface area contributed by atoms with E-state index in [-0.39, 0.29) is 18.6 Å². The number of hydrogen-bond acceptors (Lipinski definition) is 4. The van der Waals surface area contributed by atoms with Crippen LogP contribution >= 0.6 is 0 Å². The molecule has 30 heavy (non-hydrogen) atoms. The summed E-state index contributed by atoms with van der Waals surface area (Å²) in [6, 6.07) is 12.2. The molecule has 0 fully saturated rings. The average molecular weight is 408 g/mol. The van der Waals surface area contributed by atoms with Gasteiger partial charge in [-0.1, -0.05) is 37.3 Å². The maximum absolute atomic E-state index is 12.8. The van der Waals surface area contributed by atoms with Crippen molar-refractivity contribution in [3.05, 3.63) is 59.3 Å². The summed E-state index contributed by atoms with van der Waals surface area (Å²) in [6.45, 7) is 3.58. The molecule has 0 saturated carbocycles. The lowest BCUT2D eigenvalue weighted by atomic mass is 9.86. The molecular weight excluding hydrogens is 380 g/mol. The molecule has 158 valence electrons. The Morgan fingerprint density at radius 3 is 2.90 bits per heavy atom. The normalized spacial score (nSPS) is 13.5. The lowest BCUT2D eigenvalue weighted by Crippen LogP contribution is -2.27. The smallest absolute Gasteiger partial charge is 0.231 e. The molecule has 6 nitrogen and oxygen atoms in total. The van der Waals surface area contributed by atoms with Crippen LogP contribution in [0.3, 0.4) is 0 Å². The number of rotatable bonds is 9. The predicted molar refractivity (Wildman–Crippen MR) is 116 cm³/mol. The van der Waals surface area contributed by atoms with E-state index in [9.17, 15) is 4.79 Å². The summed E-state index contributed by atoms with van der Waals surface area (Å²) in [5.41, 5.74) is 4.46. The number of carbonyl (C=O) groups excluding carboxylic acids is 1. The molecule has 1 amide bonds. The summed E-state index contributed by atoms with van der Waals surface area (Å²) in [5.74, 6) is 1.32. The van der Waals surface area contributed by atoms with Gasteiger partial charge in [-0.05, 0) is 30.0 Å². The summed E-state index contributed by atoms with van der Waals surface area (Å²) in [4.78, 5) is 16.2. The lowest BCUT2D eigenvalue weighted by Gasteiger charge is -2.19. The van der Waals surface area contributed by atoms with Crippen molar-refractivity contribution in [2.75, 3.05) is 27.1 Å². The van der Waals surface area contributed by atoms with E-state index in [0.717, 1.165) is 46.4 Å². The van der Waals surface area contributed by atoms with E-state index in [0.29, 0.717) is 19.6 Å². The number of methoxy groups -OCH3 is 1.